The predicted octanol–water partition coefficient (Wildman–Crippen LogP) is 4.26. The van der Waals surface area contributed by atoms with Gasteiger partial charge in [-0.3, -0.25) is 4.79 Å². The Bertz CT molecular complexity index is 1090. The number of thiol groups is 1. The molecule has 2 aromatic carbocycles. The number of halogens is 2. The van der Waals surface area contributed by atoms with Gasteiger partial charge in [0.15, 0.2) is 11.6 Å². The van der Waals surface area contributed by atoms with E-state index in [2.05, 4.69) is 22.6 Å². The van der Waals surface area contributed by atoms with Crippen LogP contribution >= 0.6 is 12.6 Å². The number of aromatic nitrogens is 3. The van der Waals surface area contributed by atoms with Crippen LogP contribution in [0, 0.1) is 11.6 Å². The fourth-order valence-electron chi connectivity index (χ4n) is 2.34. The molecule has 0 saturated carbocycles. The predicted molar refractivity (Wildman–Crippen MR) is 101 cm³/mol. The van der Waals surface area contributed by atoms with Gasteiger partial charge in [-0.05, 0) is 30.3 Å². The summed E-state index contributed by atoms with van der Waals surface area (Å²) in [7, 11) is 1.59. The summed E-state index contributed by atoms with van der Waals surface area (Å²) in [5.74, 6) is -1.53. The van der Waals surface area contributed by atoms with Crippen LogP contribution in [0.3, 0.4) is 0 Å². The van der Waals surface area contributed by atoms with Crippen molar-refractivity contribution >= 4 is 12.6 Å². The lowest BCUT2D eigenvalue weighted by molar-refractivity contribution is 0.438. The van der Waals surface area contributed by atoms with Crippen LogP contribution in [0.2, 0.25) is 0 Å². The molecular formula is C19H15F2N3O2S. The number of nitrogens with one attached hydrogen (secondary N) is 1. The topological polar surface area (TPSA) is 59.9 Å². The molecule has 3 rings (SSSR count). The number of hydrogen-bond donors (Lipinski definition) is 2. The van der Waals surface area contributed by atoms with E-state index in [0.717, 1.165) is 12.1 Å². The minimum absolute atomic E-state index is 0.168. The van der Waals surface area contributed by atoms with Crippen LogP contribution in [-0.2, 0) is 7.05 Å². The Balaban J connectivity index is 2.21. The molecule has 0 spiro atoms. The van der Waals surface area contributed by atoms with Gasteiger partial charge in [0.1, 0.15) is 11.6 Å². The molecule has 0 amide bonds. The molecule has 1 heterocycles. The summed E-state index contributed by atoms with van der Waals surface area (Å²) in [6, 6.07) is 7.79. The smallest absolute Gasteiger partial charge is 0.259 e. The van der Waals surface area contributed by atoms with E-state index in [4.69, 9.17) is 4.74 Å². The highest BCUT2D eigenvalue weighted by Crippen LogP contribution is 2.34. The minimum Gasteiger partial charge on any atom is -0.454 e. The number of benzene rings is 2. The molecule has 3 aromatic rings. The average Bonchev–Trinajstić information content (AvgIpc) is 2.71. The zero-order chi connectivity index (χ0) is 19.4. The maximum Gasteiger partial charge on any atom is 0.259 e. The Morgan fingerprint density at radius 2 is 1.89 bits per heavy atom. The van der Waals surface area contributed by atoms with Gasteiger partial charge in [-0.1, -0.05) is 0 Å². The molecule has 1 N–H and O–H groups in total. The normalized spacial score (nSPS) is 10.4. The molecule has 0 saturated heterocycles. The zero-order valence-electron chi connectivity index (χ0n) is 14.2. The number of rotatable bonds is 3. The maximum absolute atomic E-state index is 14.0. The van der Waals surface area contributed by atoms with Crippen LogP contribution < -0.4 is 10.3 Å². The van der Waals surface area contributed by atoms with E-state index < -0.39 is 11.6 Å². The van der Waals surface area contributed by atoms with E-state index in [-0.39, 0.29) is 22.6 Å². The average molecular weight is 387 g/mol. The molecule has 0 atom stereocenters. The third kappa shape index (κ3) is 4.35. The Kier molecular flexibility index (Phi) is 5.56. The second-order valence-corrected chi connectivity index (χ2v) is 6.09. The fraction of sp³-hybridized carbons (Fsp3) is 0.0526. The number of ether oxygens (including phenoxy) is 1. The first-order chi connectivity index (χ1) is 13.0. The van der Waals surface area contributed by atoms with Crippen molar-refractivity contribution < 1.29 is 13.5 Å². The van der Waals surface area contributed by atoms with Crippen LogP contribution in [-0.4, -0.2) is 14.5 Å². The van der Waals surface area contributed by atoms with Gasteiger partial charge >= 0.3 is 0 Å². The lowest BCUT2D eigenvalue weighted by Gasteiger charge is -2.12. The summed E-state index contributed by atoms with van der Waals surface area (Å²) in [6.07, 6.45) is 5.87. The summed E-state index contributed by atoms with van der Waals surface area (Å²) in [4.78, 5) is 20.2. The van der Waals surface area contributed by atoms with Gasteiger partial charge in [-0.2, -0.15) is 0 Å². The standard InChI is InChI=1S/C19H15F2N3O2S/c1-24-7-6-22-11-23-10-15(19(24)25)14-9-13(27)3-5-17(14)26-18-4-2-12(20)8-16(18)21/h2-11,27H,1H3,(H,22,23). The Morgan fingerprint density at radius 1 is 1.11 bits per heavy atom. The maximum atomic E-state index is 14.0. The van der Waals surface area contributed by atoms with Gasteiger partial charge in [0.2, 0.25) is 0 Å². The fourth-order valence-corrected chi connectivity index (χ4v) is 2.55. The van der Waals surface area contributed by atoms with Crippen LogP contribution in [0.1, 0.15) is 0 Å². The Morgan fingerprint density at radius 3 is 2.67 bits per heavy atom. The van der Waals surface area contributed by atoms with Gasteiger partial charge in [-0.15, -0.1) is 12.6 Å². The molecular weight excluding hydrogens is 372 g/mol. The molecule has 0 radical (unpaired) electrons. The number of H-pyrrole nitrogens is 1. The highest BCUT2D eigenvalue weighted by molar-refractivity contribution is 7.80. The molecule has 8 heteroatoms. The van der Waals surface area contributed by atoms with E-state index in [1.165, 1.54) is 29.4 Å². The van der Waals surface area contributed by atoms with E-state index >= 15 is 0 Å². The summed E-state index contributed by atoms with van der Waals surface area (Å²) < 4.78 is 34.1. The second kappa shape index (κ2) is 8.05. The lowest BCUT2D eigenvalue weighted by Crippen LogP contribution is -2.16. The quantitative estimate of drug-likeness (QED) is 0.660. The van der Waals surface area contributed by atoms with Crippen molar-refractivity contribution in [3.63, 3.8) is 0 Å². The molecule has 0 unspecified atom stereocenters. The summed E-state index contributed by atoms with van der Waals surface area (Å²) in [5.41, 5.74) is 0.238. The van der Waals surface area contributed by atoms with Crippen molar-refractivity contribution in [1.29, 1.82) is 0 Å². The highest BCUT2D eigenvalue weighted by Gasteiger charge is 2.14. The van der Waals surface area contributed by atoms with Crippen molar-refractivity contribution in [3.05, 3.63) is 83.3 Å². The van der Waals surface area contributed by atoms with Gasteiger partial charge in [-0.25, -0.2) is 13.8 Å². The first-order valence-electron chi connectivity index (χ1n) is 7.83. The van der Waals surface area contributed by atoms with Gasteiger partial charge in [0.05, 0.1) is 11.9 Å². The summed E-state index contributed by atoms with van der Waals surface area (Å²) in [6.45, 7) is 0. The molecule has 1 aromatic heterocycles. The number of hydrogen-bond acceptors (Lipinski definition) is 4. The van der Waals surface area contributed by atoms with E-state index in [1.54, 1.807) is 31.4 Å². The summed E-state index contributed by atoms with van der Waals surface area (Å²) in [5, 5.41) is 0. The molecule has 138 valence electrons. The molecule has 0 aliphatic rings. The summed E-state index contributed by atoms with van der Waals surface area (Å²) >= 11 is 4.31. The number of aryl methyl sites for hydroxylation is 1. The third-order valence-corrected chi connectivity index (χ3v) is 3.94. The molecule has 5 nitrogen and oxygen atoms in total. The second-order valence-electron chi connectivity index (χ2n) is 5.58. The lowest BCUT2D eigenvalue weighted by atomic mass is 10.1. The van der Waals surface area contributed by atoms with E-state index in [0.29, 0.717) is 10.5 Å². The van der Waals surface area contributed by atoms with E-state index in [9.17, 15) is 13.6 Å². The first kappa shape index (κ1) is 18.7. The van der Waals surface area contributed by atoms with E-state index in [1.807, 2.05) is 0 Å². The molecule has 0 aliphatic heterocycles. The van der Waals surface area contributed by atoms with Crippen LogP contribution in [0.4, 0.5) is 8.78 Å². The van der Waals surface area contributed by atoms with Gasteiger partial charge in [0.25, 0.3) is 5.56 Å². The first-order valence-corrected chi connectivity index (χ1v) is 8.28. The Labute approximate surface area is 159 Å². The molecule has 0 bridgehead atoms. The van der Waals surface area contributed by atoms with Crippen molar-refractivity contribution in [2.24, 2.45) is 7.05 Å². The SMILES string of the molecule is Cn1cc[nH]cncc(-c2cc(S)ccc2Oc2ccc(F)cc2F)c1=O. The molecule has 0 fully saturated rings. The highest BCUT2D eigenvalue weighted by atomic mass is 32.1. The van der Waals surface area contributed by atoms with Crippen LogP contribution in [0.5, 0.6) is 11.5 Å². The third-order valence-electron chi connectivity index (χ3n) is 3.66. The molecule has 27 heavy (non-hydrogen) atoms. The molecule has 0 aliphatic carbocycles. The largest absolute Gasteiger partial charge is 0.454 e. The van der Waals surface area contributed by atoms with Gasteiger partial charge < -0.3 is 14.3 Å². The monoisotopic (exact) mass is 387 g/mol. The number of aromatic amines is 1. The van der Waals surface area contributed by atoms with Crippen molar-refractivity contribution in [2.75, 3.05) is 0 Å². The van der Waals surface area contributed by atoms with Crippen LogP contribution in [0.25, 0.3) is 11.1 Å². The minimum atomic E-state index is -0.854. The van der Waals surface area contributed by atoms with Gasteiger partial charge in [0, 0.05) is 42.2 Å². The van der Waals surface area contributed by atoms with Crippen molar-refractivity contribution in [2.45, 2.75) is 4.90 Å². The van der Waals surface area contributed by atoms with Crippen LogP contribution in [0.15, 0.2) is 71.0 Å². The number of nitrogens with zero attached hydrogens (tertiary/aromatic N) is 2. The zero-order valence-corrected chi connectivity index (χ0v) is 15.1. The van der Waals surface area contributed by atoms with Crippen molar-refractivity contribution in [1.82, 2.24) is 14.5 Å². The van der Waals surface area contributed by atoms with Crippen molar-refractivity contribution in [3.8, 4) is 22.6 Å². The Hall–Kier alpha value is -3.13.